The van der Waals surface area contributed by atoms with Gasteiger partial charge in [-0.25, -0.2) is 14.9 Å². The normalized spacial score (nSPS) is 26.9. The average molecular weight is 391 g/mol. The predicted octanol–water partition coefficient (Wildman–Crippen LogP) is 2.85. The van der Waals surface area contributed by atoms with Gasteiger partial charge in [0.25, 0.3) is 5.91 Å². The molecule has 2 aromatic rings. The number of ether oxygens (including phenoxy) is 1. The summed E-state index contributed by atoms with van der Waals surface area (Å²) in [5, 5.41) is 4.35. The fourth-order valence-corrected chi connectivity index (χ4v) is 5.03. The molecule has 6 heteroatoms. The highest BCUT2D eigenvalue weighted by atomic mass is 16.5. The minimum absolute atomic E-state index is 0.0986. The Morgan fingerprint density at radius 3 is 2.21 bits per heavy atom. The molecule has 3 aliphatic heterocycles. The van der Waals surface area contributed by atoms with Crippen LogP contribution in [0.15, 0.2) is 42.5 Å². The predicted molar refractivity (Wildman–Crippen MR) is 109 cm³/mol. The molecule has 2 amide bonds. The highest BCUT2D eigenvalue weighted by Crippen LogP contribution is 2.49. The van der Waals surface area contributed by atoms with Crippen LogP contribution in [-0.4, -0.2) is 48.1 Å². The average Bonchev–Trinajstić information content (AvgIpc) is 3.37. The van der Waals surface area contributed by atoms with Crippen molar-refractivity contribution in [1.82, 2.24) is 10.0 Å². The number of amides is 2. The van der Waals surface area contributed by atoms with Gasteiger partial charge in [-0.1, -0.05) is 18.2 Å². The van der Waals surface area contributed by atoms with Crippen LogP contribution in [0.2, 0.25) is 0 Å². The molecule has 6 nitrogen and oxygen atoms in total. The van der Waals surface area contributed by atoms with Crippen molar-refractivity contribution in [3.8, 4) is 5.75 Å². The first-order chi connectivity index (χ1) is 14.0. The number of carbonyl (C=O) groups is 2. The molecule has 0 aromatic heterocycles. The minimum atomic E-state index is -0.418. The van der Waals surface area contributed by atoms with Gasteiger partial charge < -0.3 is 4.74 Å². The van der Waals surface area contributed by atoms with Crippen LogP contribution in [-0.2, 0) is 9.59 Å². The van der Waals surface area contributed by atoms with Gasteiger partial charge in [0.05, 0.1) is 24.8 Å². The van der Waals surface area contributed by atoms with Crippen LogP contribution < -0.4 is 9.64 Å². The summed E-state index contributed by atoms with van der Waals surface area (Å²) in [6, 6.07) is 13.1. The molecule has 5 rings (SSSR count). The SMILES string of the molecule is COc1ccc([C@@H]2[C@H]3C(=O)N(c4ccc(C)c(C)c4)C(=O)[C@@H]3N3CCCN23)cc1. The summed E-state index contributed by atoms with van der Waals surface area (Å²) >= 11 is 0. The second kappa shape index (κ2) is 6.68. The van der Waals surface area contributed by atoms with Crippen LogP contribution in [0.1, 0.15) is 29.2 Å². The molecule has 0 aliphatic carbocycles. The Balaban J connectivity index is 1.56. The van der Waals surface area contributed by atoms with Crippen molar-refractivity contribution in [3.63, 3.8) is 0 Å². The molecule has 0 spiro atoms. The Bertz CT molecular complexity index is 987. The zero-order valence-electron chi connectivity index (χ0n) is 17.0. The fraction of sp³-hybridized carbons (Fsp3) is 0.391. The molecule has 0 radical (unpaired) electrons. The van der Waals surface area contributed by atoms with Gasteiger partial charge in [0.2, 0.25) is 5.91 Å². The molecular weight excluding hydrogens is 366 g/mol. The standard InChI is InChI=1S/C23H25N3O3/c1-14-5-8-17(13-15(14)2)26-22(27)19-20(16-6-9-18(29-3)10-7-16)24-11-4-12-25(24)21(19)23(26)28/h5-10,13,19-21H,4,11-12H2,1-3H3/t19-,20-,21-/m1/s1. The van der Waals surface area contributed by atoms with E-state index in [1.165, 1.54) is 4.90 Å². The molecule has 0 unspecified atom stereocenters. The molecule has 2 aromatic carbocycles. The lowest BCUT2D eigenvalue weighted by molar-refractivity contribution is -0.126. The van der Waals surface area contributed by atoms with E-state index in [1.807, 2.05) is 56.3 Å². The van der Waals surface area contributed by atoms with E-state index in [1.54, 1.807) is 7.11 Å². The monoisotopic (exact) mass is 391 g/mol. The van der Waals surface area contributed by atoms with E-state index in [0.717, 1.165) is 42.0 Å². The number of hydrogen-bond acceptors (Lipinski definition) is 5. The van der Waals surface area contributed by atoms with Gasteiger partial charge in [0, 0.05) is 13.1 Å². The summed E-state index contributed by atoms with van der Waals surface area (Å²) in [5.74, 6) is 0.189. The first kappa shape index (κ1) is 18.3. The van der Waals surface area contributed by atoms with Crippen LogP contribution in [0, 0.1) is 19.8 Å². The van der Waals surface area contributed by atoms with E-state index >= 15 is 0 Å². The Labute approximate surface area is 170 Å². The maximum Gasteiger partial charge on any atom is 0.253 e. The third kappa shape index (κ3) is 2.63. The second-order valence-corrected chi connectivity index (χ2v) is 8.15. The molecule has 0 N–H and O–H groups in total. The number of anilines is 1. The maximum absolute atomic E-state index is 13.6. The van der Waals surface area contributed by atoms with Crippen molar-refractivity contribution in [3.05, 3.63) is 59.2 Å². The number of imide groups is 1. The molecule has 3 aliphatic rings. The summed E-state index contributed by atoms with van der Waals surface area (Å²) in [7, 11) is 1.64. The van der Waals surface area contributed by atoms with Gasteiger partial charge in [0.15, 0.2) is 0 Å². The molecule has 29 heavy (non-hydrogen) atoms. The minimum Gasteiger partial charge on any atom is -0.497 e. The van der Waals surface area contributed by atoms with Gasteiger partial charge in [-0.2, -0.15) is 0 Å². The number of hydrogen-bond donors (Lipinski definition) is 0. The quantitative estimate of drug-likeness (QED) is 0.753. The van der Waals surface area contributed by atoms with Gasteiger partial charge in [-0.3, -0.25) is 9.59 Å². The second-order valence-electron chi connectivity index (χ2n) is 8.15. The molecule has 0 bridgehead atoms. The van der Waals surface area contributed by atoms with Crippen LogP contribution in [0.25, 0.3) is 0 Å². The summed E-state index contributed by atoms with van der Waals surface area (Å²) in [4.78, 5) is 28.4. The molecule has 3 fully saturated rings. The zero-order valence-corrected chi connectivity index (χ0v) is 17.0. The van der Waals surface area contributed by atoms with Crippen molar-refractivity contribution in [2.45, 2.75) is 32.4 Å². The topological polar surface area (TPSA) is 53.1 Å². The number of hydrazine groups is 1. The van der Waals surface area contributed by atoms with E-state index in [9.17, 15) is 9.59 Å². The van der Waals surface area contributed by atoms with E-state index in [0.29, 0.717) is 5.69 Å². The molecule has 3 atom stereocenters. The van der Waals surface area contributed by atoms with Crippen LogP contribution in [0.4, 0.5) is 5.69 Å². The summed E-state index contributed by atoms with van der Waals surface area (Å²) in [6.45, 7) is 5.72. The molecular formula is C23H25N3O3. The Morgan fingerprint density at radius 2 is 1.55 bits per heavy atom. The van der Waals surface area contributed by atoms with E-state index < -0.39 is 12.0 Å². The Morgan fingerprint density at radius 1 is 0.862 bits per heavy atom. The number of aryl methyl sites for hydroxylation is 2. The number of carbonyl (C=O) groups excluding carboxylic acids is 2. The summed E-state index contributed by atoms with van der Waals surface area (Å²) < 4.78 is 5.29. The fourth-order valence-electron chi connectivity index (χ4n) is 5.03. The van der Waals surface area contributed by atoms with E-state index in [2.05, 4.69) is 10.0 Å². The number of methoxy groups -OCH3 is 1. The molecule has 150 valence electrons. The highest BCUT2D eigenvalue weighted by molar-refractivity contribution is 6.24. The number of fused-ring (bicyclic) bond motifs is 3. The number of nitrogens with zero attached hydrogens (tertiary/aromatic N) is 3. The third-order valence-electron chi connectivity index (χ3n) is 6.61. The summed E-state index contributed by atoms with van der Waals surface area (Å²) in [5.41, 5.74) is 3.95. The van der Waals surface area contributed by atoms with E-state index in [4.69, 9.17) is 4.74 Å². The smallest absolute Gasteiger partial charge is 0.253 e. The van der Waals surface area contributed by atoms with Crippen molar-refractivity contribution in [2.75, 3.05) is 25.1 Å². The molecule has 3 heterocycles. The number of benzene rings is 2. The first-order valence-electron chi connectivity index (χ1n) is 10.1. The first-order valence-corrected chi connectivity index (χ1v) is 10.1. The van der Waals surface area contributed by atoms with Crippen LogP contribution in [0.3, 0.4) is 0 Å². The molecule has 3 saturated heterocycles. The van der Waals surface area contributed by atoms with Crippen molar-refractivity contribution in [1.29, 1.82) is 0 Å². The van der Waals surface area contributed by atoms with Crippen LogP contribution in [0.5, 0.6) is 5.75 Å². The maximum atomic E-state index is 13.6. The number of rotatable bonds is 3. The lowest BCUT2D eigenvalue weighted by Crippen LogP contribution is -2.44. The largest absolute Gasteiger partial charge is 0.497 e. The Hall–Kier alpha value is -2.70. The van der Waals surface area contributed by atoms with E-state index in [-0.39, 0.29) is 17.9 Å². The molecule has 0 saturated carbocycles. The van der Waals surface area contributed by atoms with Gasteiger partial charge >= 0.3 is 0 Å². The third-order valence-corrected chi connectivity index (χ3v) is 6.61. The lowest BCUT2D eigenvalue weighted by Gasteiger charge is -2.30. The lowest BCUT2D eigenvalue weighted by atomic mass is 9.90. The van der Waals surface area contributed by atoms with Crippen molar-refractivity contribution >= 4 is 17.5 Å². The van der Waals surface area contributed by atoms with Gasteiger partial charge in [-0.05, 0) is 61.2 Å². The van der Waals surface area contributed by atoms with Crippen molar-refractivity contribution < 1.29 is 14.3 Å². The summed E-state index contributed by atoms with van der Waals surface area (Å²) in [6.07, 6.45) is 1.00. The van der Waals surface area contributed by atoms with Crippen molar-refractivity contribution in [2.24, 2.45) is 5.92 Å². The highest BCUT2D eigenvalue weighted by Gasteiger charge is 2.62. The van der Waals surface area contributed by atoms with Gasteiger partial charge in [0.1, 0.15) is 11.8 Å². The zero-order chi connectivity index (χ0) is 20.3. The van der Waals surface area contributed by atoms with Crippen LogP contribution >= 0.6 is 0 Å². The van der Waals surface area contributed by atoms with Gasteiger partial charge in [-0.15, -0.1) is 0 Å². The Kier molecular flexibility index (Phi) is 4.22.